The van der Waals surface area contributed by atoms with Gasteiger partial charge in [0.05, 0.1) is 0 Å². The van der Waals surface area contributed by atoms with Gasteiger partial charge >= 0.3 is 0 Å². The highest BCUT2D eigenvalue weighted by atomic mass is 16.5. The van der Waals surface area contributed by atoms with Gasteiger partial charge in [0.15, 0.2) is 5.76 Å². The molecule has 0 radical (unpaired) electrons. The van der Waals surface area contributed by atoms with E-state index < -0.39 is 6.10 Å². The zero-order valence-corrected chi connectivity index (χ0v) is 9.12. The first-order valence-electron chi connectivity index (χ1n) is 5.24. The number of rotatable bonds is 2. The summed E-state index contributed by atoms with van der Waals surface area (Å²) in [5.74, 6) is 1.06. The Labute approximate surface area is 96.7 Å². The third-order valence-electron chi connectivity index (χ3n) is 2.45. The number of benzene rings is 1. The fraction of sp³-hybridized carbons (Fsp3) is 0.167. The van der Waals surface area contributed by atoms with Gasteiger partial charge in [0.25, 0.3) is 5.89 Å². The van der Waals surface area contributed by atoms with Crippen LogP contribution in [-0.2, 0) is 0 Å². The van der Waals surface area contributed by atoms with E-state index in [0.717, 1.165) is 11.0 Å². The van der Waals surface area contributed by atoms with Crippen LogP contribution >= 0.6 is 0 Å². The van der Waals surface area contributed by atoms with Crippen LogP contribution in [-0.4, -0.2) is 15.2 Å². The van der Waals surface area contributed by atoms with E-state index in [4.69, 9.17) is 8.94 Å². The van der Waals surface area contributed by atoms with E-state index in [1.165, 1.54) is 0 Å². The molecule has 0 amide bonds. The van der Waals surface area contributed by atoms with Crippen LogP contribution in [0.25, 0.3) is 22.6 Å². The third-order valence-corrected chi connectivity index (χ3v) is 2.45. The summed E-state index contributed by atoms with van der Waals surface area (Å²) in [5.41, 5.74) is 0.769. The molecule has 1 atom stereocenters. The number of nitrogens with zero attached hydrogens (tertiary/aromatic N) is 2. The van der Waals surface area contributed by atoms with Gasteiger partial charge in [-0.1, -0.05) is 23.4 Å². The highest BCUT2D eigenvalue weighted by molar-refractivity contribution is 5.81. The average Bonchev–Trinajstić information content (AvgIpc) is 2.95. The zero-order chi connectivity index (χ0) is 11.8. The number of furan rings is 1. The quantitative estimate of drug-likeness (QED) is 0.732. The van der Waals surface area contributed by atoms with Gasteiger partial charge in [-0.25, -0.2) is 0 Å². The summed E-state index contributed by atoms with van der Waals surface area (Å²) in [6, 6.07) is 9.48. The van der Waals surface area contributed by atoms with E-state index >= 15 is 0 Å². The summed E-state index contributed by atoms with van der Waals surface area (Å²) in [5, 5.41) is 14.0. The molecule has 17 heavy (non-hydrogen) atoms. The number of aromatic nitrogens is 2. The maximum Gasteiger partial charge on any atom is 0.255 e. The topological polar surface area (TPSA) is 72.3 Å². The Morgan fingerprint density at radius 2 is 2.12 bits per heavy atom. The molecule has 0 unspecified atom stereocenters. The maximum absolute atomic E-state index is 9.30. The molecule has 86 valence electrons. The Hall–Kier alpha value is -2.14. The highest BCUT2D eigenvalue weighted by Crippen LogP contribution is 2.26. The van der Waals surface area contributed by atoms with Gasteiger partial charge in [0.2, 0.25) is 5.82 Å². The molecule has 0 bridgehead atoms. The molecular formula is C12H10N2O3. The lowest BCUT2D eigenvalue weighted by atomic mass is 10.2. The van der Waals surface area contributed by atoms with E-state index in [-0.39, 0.29) is 5.89 Å². The number of aliphatic hydroxyl groups is 1. The van der Waals surface area contributed by atoms with Crippen molar-refractivity contribution < 1.29 is 14.0 Å². The minimum absolute atomic E-state index is 0.181. The molecule has 2 aromatic heterocycles. The van der Waals surface area contributed by atoms with Crippen LogP contribution in [0.15, 0.2) is 39.3 Å². The number of hydrogen-bond donors (Lipinski definition) is 1. The molecule has 3 aromatic rings. The van der Waals surface area contributed by atoms with Crippen molar-refractivity contribution in [2.75, 3.05) is 0 Å². The Bertz CT molecular complexity index is 621. The van der Waals surface area contributed by atoms with E-state index in [0.29, 0.717) is 11.6 Å². The van der Waals surface area contributed by atoms with Crippen LogP contribution in [0.1, 0.15) is 18.9 Å². The standard InChI is InChI=1S/C12H10N2O3/c1-7(15)12-13-11(14-17-12)10-6-8-4-2-3-5-9(8)16-10/h2-7,15H,1H3/t7-/m0/s1. The van der Waals surface area contributed by atoms with E-state index in [2.05, 4.69) is 10.1 Å². The van der Waals surface area contributed by atoms with Crippen LogP contribution < -0.4 is 0 Å². The van der Waals surface area contributed by atoms with Crippen LogP contribution in [0, 0.1) is 0 Å². The smallest absolute Gasteiger partial charge is 0.255 e. The number of hydrogen-bond acceptors (Lipinski definition) is 5. The molecule has 0 aliphatic carbocycles. The number of aliphatic hydroxyl groups excluding tert-OH is 1. The van der Waals surface area contributed by atoms with Gasteiger partial charge in [-0.3, -0.25) is 0 Å². The van der Waals surface area contributed by atoms with Gasteiger partial charge in [0, 0.05) is 5.39 Å². The fourth-order valence-corrected chi connectivity index (χ4v) is 1.60. The minimum Gasteiger partial charge on any atom is -0.453 e. The summed E-state index contributed by atoms with van der Waals surface area (Å²) in [6.45, 7) is 1.57. The highest BCUT2D eigenvalue weighted by Gasteiger charge is 2.15. The number of para-hydroxylation sites is 1. The van der Waals surface area contributed by atoms with Crippen molar-refractivity contribution in [3.63, 3.8) is 0 Å². The molecule has 1 aromatic carbocycles. The molecule has 3 rings (SSSR count). The summed E-state index contributed by atoms with van der Waals surface area (Å²) in [6.07, 6.45) is -0.777. The lowest BCUT2D eigenvalue weighted by molar-refractivity contribution is 0.152. The Balaban J connectivity index is 2.07. The monoisotopic (exact) mass is 230 g/mol. The second-order valence-electron chi connectivity index (χ2n) is 3.78. The van der Waals surface area contributed by atoms with Crippen LogP contribution in [0.2, 0.25) is 0 Å². The van der Waals surface area contributed by atoms with Crippen LogP contribution in [0.3, 0.4) is 0 Å². The molecule has 2 heterocycles. The van der Waals surface area contributed by atoms with Crippen molar-refractivity contribution in [3.8, 4) is 11.6 Å². The van der Waals surface area contributed by atoms with E-state index in [1.54, 1.807) is 6.92 Å². The van der Waals surface area contributed by atoms with Crippen LogP contribution in [0.4, 0.5) is 0 Å². The lowest BCUT2D eigenvalue weighted by Crippen LogP contribution is -1.89. The summed E-state index contributed by atoms with van der Waals surface area (Å²) in [4.78, 5) is 4.05. The van der Waals surface area contributed by atoms with Crippen molar-refractivity contribution in [3.05, 3.63) is 36.2 Å². The van der Waals surface area contributed by atoms with Crippen LogP contribution in [0.5, 0.6) is 0 Å². The molecule has 5 heteroatoms. The minimum atomic E-state index is -0.777. The largest absolute Gasteiger partial charge is 0.453 e. The van der Waals surface area contributed by atoms with Crippen molar-refractivity contribution >= 4 is 11.0 Å². The van der Waals surface area contributed by atoms with Gasteiger partial charge in [-0.2, -0.15) is 4.98 Å². The Morgan fingerprint density at radius 3 is 2.82 bits per heavy atom. The predicted molar refractivity (Wildman–Crippen MR) is 60.1 cm³/mol. The zero-order valence-electron chi connectivity index (χ0n) is 9.12. The molecule has 0 aliphatic heterocycles. The van der Waals surface area contributed by atoms with Crippen molar-refractivity contribution in [2.45, 2.75) is 13.0 Å². The van der Waals surface area contributed by atoms with Gasteiger partial charge in [-0.05, 0) is 19.1 Å². The van der Waals surface area contributed by atoms with Crippen molar-refractivity contribution in [2.24, 2.45) is 0 Å². The van der Waals surface area contributed by atoms with Gasteiger partial charge < -0.3 is 14.0 Å². The molecule has 0 saturated carbocycles. The van der Waals surface area contributed by atoms with E-state index in [9.17, 15) is 5.11 Å². The SMILES string of the molecule is C[C@H](O)c1nc(-c2cc3ccccc3o2)no1. The van der Waals surface area contributed by atoms with Crippen molar-refractivity contribution in [1.29, 1.82) is 0 Å². The molecule has 5 nitrogen and oxygen atoms in total. The molecule has 0 aliphatic rings. The summed E-state index contributed by atoms with van der Waals surface area (Å²) in [7, 11) is 0. The summed E-state index contributed by atoms with van der Waals surface area (Å²) < 4.78 is 10.5. The van der Waals surface area contributed by atoms with E-state index in [1.807, 2.05) is 30.3 Å². The maximum atomic E-state index is 9.30. The second-order valence-corrected chi connectivity index (χ2v) is 3.78. The second kappa shape index (κ2) is 3.71. The predicted octanol–water partition coefficient (Wildman–Crippen LogP) is 2.54. The first-order valence-corrected chi connectivity index (χ1v) is 5.24. The lowest BCUT2D eigenvalue weighted by Gasteiger charge is -1.91. The van der Waals surface area contributed by atoms with Gasteiger partial charge in [0.1, 0.15) is 11.7 Å². The Kier molecular flexibility index (Phi) is 2.19. The average molecular weight is 230 g/mol. The van der Waals surface area contributed by atoms with Gasteiger partial charge in [-0.15, -0.1) is 0 Å². The summed E-state index contributed by atoms with van der Waals surface area (Å²) >= 11 is 0. The number of fused-ring (bicyclic) bond motifs is 1. The fourth-order valence-electron chi connectivity index (χ4n) is 1.60. The third kappa shape index (κ3) is 1.70. The van der Waals surface area contributed by atoms with Crippen molar-refractivity contribution in [1.82, 2.24) is 10.1 Å². The molecule has 0 saturated heterocycles. The normalized spacial score (nSPS) is 13.1. The molecule has 1 N–H and O–H groups in total. The first kappa shape index (κ1) is 10.0. The molecule has 0 spiro atoms. The molecule has 0 fully saturated rings. The first-order chi connectivity index (χ1) is 8.24. The molecular weight excluding hydrogens is 220 g/mol. The Morgan fingerprint density at radius 1 is 1.29 bits per heavy atom.